The Morgan fingerprint density at radius 2 is 2.00 bits per heavy atom. The second kappa shape index (κ2) is 5.65. The zero-order chi connectivity index (χ0) is 14.8. The van der Waals surface area contributed by atoms with E-state index in [2.05, 4.69) is 19.2 Å². The summed E-state index contributed by atoms with van der Waals surface area (Å²) < 4.78 is 5.10. The molecule has 108 valence electrons. The molecule has 1 aromatic rings. The number of amides is 1. The van der Waals surface area contributed by atoms with E-state index in [1.54, 1.807) is 6.92 Å². The quantitative estimate of drug-likeness (QED) is 0.679. The Balaban J connectivity index is 2.43. The summed E-state index contributed by atoms with van der Waals surface area (Å²) in [5, 5.41) is 2.82. The molecule has 4 nitrogen and oxygen atoms in total. The van der Waals surface area contributed by atoms with Crippen LogP contribution in [0, 0.1) is 11.3 Å². The number of hydrogen-bond donors (Lipinski definition) is 1. The topological polar surface area (TPSA) is 55.4 Å². The molecule has 1 aromatic carbocycles. The van der Waals surface area contributed by atoms with Gasteiger partial charge in [0.15, 0.2) is 0 Å². The highest BCUT2D eigenvalue weighted by Crippen LogP contribution is 2.43. The molecule has 2 rings (SSSR count). The number of piperidine rings is 1. The monoisotopic (exact) mass is 275 g/mol. The number of carbonyl (C=O) groups is 2. The van der Waals surface area contributed by atoms with E-state index in [0.29, 0.717) is 6.54 Å². The van der Waals surface area contributed by atoms with Crippen molar-refractivity contribution in [1.29, 1.82) is 0 Å². The number of hydrogen-bond acceptors (Lipinski definition) is 3. The Bertz CT molecular complexity index is 496. The van der Waals surface area contributed by atoms with Crippen LogP contribution in [0.2, 0.25) is 0 Å². The van der Waals surface area contributed by atoms with Gasteiger partial charge in [-0.2, -0.15) is 0 Å². The van der Waals surface area contributed by atoms with Crippen molar-refractivity contribution in [3.05, 3.63) is 35.9 Å². The molecule has 20 heavy (non-hydrogen) atoms. The minimum Gasteiger partial charge on any atom is -0.465 e. The number of carbonyl (C=O) groups excluding carboxylic acids is 2. The van der Waals surface area contributed by atoms with E-state index < -0.39 is 11.9 Å². The molecule has 1 aliphatic heterocycles. The largest absolute Gasteiger partial charge is 0.465 e. The first-order valence-corrected chi connectivity index (χ1v) is 6.96. The van der Waals surface area contributed by atoms with Crippen LogP contribution >= 0.6 is 0 Å². The van der Waals surface area contributed by atoms with E-state index >= 15 is 0 Å². The van der Waals surface area contributed by atoms with Crippen LogP contribution in [0.1, 0.15) is 32.3 Å². The van der Waals surface area contributed by atoms with Crippen molar-refractivity contribution in [2.75, 3.05) is 13.2 Å². The fourth-order valence-corrected chi connectivity index (χ4v) is 2.92. The van der Waals surface area contributed by atoms with Gasteiger partial charge in [0.25, 0.3) is 0 Å². The molecule has 0 unspecified atom stereocenters. The lowest BCUT2D eigenvalue weighted by atomic mass is 9.65. The first-order valence-electron chi connectivity index (χ1n) is 6.96. The second-order valence-corrected chi connectivity index (χ2v) is 5.82. The summed E-state index contributed by atoms with van der Waals surface area (Å²) in [4.78, 5) is 24.4. The molecule has 0 aliphatic carbocycles. The Hall–Kier alpha value is -1.84. The molecule has 1 amide bonds. The second-order valence-electron chi connectivity index (χ2n) is 5.82. The van der Waals surface area contributed by atoms with E-state index in [0.717, 1.165) is 5.56 Å². The van der Waals surface area contributed by atoms with Crippen molar-refractivity contribution in [3.8, 4) is 0 Å². The number of ether oxygens (including phenoxy) is 1. The van der Waals surface area contributed by atoms with Crippen molar-refractivity contribution in [3.63, 3.8) is 0 Å². The van der Waals surface area contributed by atoms with Crippen LogP contribution in [0.3, 0.4) is 0 Å². The van der Waals surface area contributed by atoms with Crippen LogP contribution in [-0.4, -0.2) is 25.0 Å². The molecule has 1 fully saturated rings. The van der Waals surface area contributed by atoms with Crippen molar-refractivity contribution in [2.24, 2.45) is 11.3 Å². The molecule has 0 spiro atoms. The number of rotatable bonds is 3. The molecule has 1 N–H and O–H groups in total. The first kappa shape index (κ1) is 14.6. The SMILES string of the molecule is CCOC(=O)[C@@H]1C(=O)NCC(C)(C)[C@H]1c1ccccc1. The van der Waals surface area contributed by atoms with Gasteiger partial charge < -0.3 is 10.1 Å². The standard InChI is InChI=1S/C16H21NO3/c1-4-20-15(19)12-13(11-8-6-5-7-9-11)16(2,3)10-17-14(12)18/h5-9,12-13H,4,10H2,1-3H3,(H,17,18)/t12-,13-/m0/s1. The van der Waals surface area contributed by atoms with Crippen molar-refractivity contribution in [2.45, 2.75) is 26.7 Å². The minimum atomic E-state index is -0.777. The molecule has 0 saturated carbocycles. The zero-order valence-electron chi connectivity index (χ0n) is 12.2. The first-order chi connectivity index (χ1) is 9.47. The van der Waals surface area contributed by atoms with Gasteiger partial charge in [0.2, 0.25) is 5.91 Å². The molecule has 0 bridgehead atoms. The predicted molar refractivity (Wildman–Crippen MR) is 76.1 cm³/mol. The lowest BCUT2D eigenvalue weighted by molar-refractivity contribution is -0.156. The van der Waals surface area contributed by atoms with Gasteiger partial charge in [-0.3, -0.25) is 9.59 Å². The third kappa shape index (κ3) is 2.69. The Morgan fingerprint density at radius 3 is 2.60 bits per heavy atom. The van der Waals surface area contributed by atoms with Gasteiger partial charge in [-0.25, -0.2) is 0 Å². The van der Waals surface area contributed by atoms with Gasteiger partial charge in [-0.15, -0.1) is 0 Å². The van der Waals surface area contributed by atoms with E-state index in [9.17, 15) is 9.59 Å². The molecular weight excluding hydrogens is 254 g/mol. The summed E-state index contributed by atoms with van der Waals surface area (Å²) >= 11 is 0. The molecule has 2 atom stereocenters. The van der Waals surface area contributed by atoms with Crippen molar-refractivity contribution in [1.82, 2.24) is 5.32 Å². The zero-order valence-corrected chi connectivity index (χ0v) is 12.2. The lowest BCUT2D eigenvalue weighted by Crippen LogP contribution is -2.53. The smallest absolute Gasteiger partial charge is 0.319 e. The van der Waals surface area contributed by atoms with Crippen LogP contribution in [0.15, 0.2) is 30.3 Å². The highest BCUT2D eigenvalue weighted by molar-refractivity contribution is 5.99. The molecule has 1 heterocycles. The molecule has 0 radical (unpaired) electrons. The molecule has 0 aromatic heterocycles. The van der Waals surface area contributed by atoms with Crippen LogP contribution < -0.4 is 5.32 Å². The Kier molecular flexibility index (Phi) is 4.12. The number of benzene rings is 1. The number of nitrogens with one attached hydrogen (secondary N) is 1. The molecule has 4 heteroatoms. The lowest BCUT2D eigenvalue weighted by Gasteiger charge is -2.42. The fraction of sp³-hybridized carbons (Fsp3) is 0.500. The molecule has 1 aliphatic rings. The highest BCUT2D eigenvalue weighted by atomic mass is 16.5. The van der Waals surface area contributed by atoms with Crippen LogP contribution in [-0.2, 0) is 14.3 Å². The predicted octanol–water partition coefficient (Wildman–Crippen LogP) is 2.11. The van der Waals surface area contributed by atoms with Gasteiger partial charge >= 0.3 is 5.97 Å². The number of esters is 1. The van der Waals surface area contributed by atoms with Crippen LogP contribution in [0.4, 0.5) is 0 Å². The fourth-order valence-electron chi connectivity index (χ4n) is 2.92. The van der Waals surface area contributed by atoms with Gasteiger partial charge in [0, 0.05) is 12.5 Å². The summed E-state index contributed by atoms with van der Waals surface area (Å²) in [6.07, 6.45) is 0. The molecular formula is C16H21NO3. The summed E-state index contributed by atoms with van der Waals surface area (Å²) in [6.45, 7) is 6.72. The summed E-state index contributed by atoms with van der Waals surface area (Å²) in [5.41, 5.74) is 0.803. The Labute approximate surface area is 119 Å². The van der Waals surface area contributed by atoms with Gasteiger partial charge in [0.05, 0.1) is 6.61 Å². The Morgan fingerprint density at radius 1 is 1.35 bits per heavy atom. The average molecular weight is 275 g/mol. The maximum absolute atomic E-state index is 12.2. The van der Waals surface area contributed by atoms with E-state index in [1.165, 1.54) is 0 Å². The maximum atomic E-state index is 12.2. The van der Waals surface area contributed by atoms with Crippen LogP contribution in [0.25, 0.3) is 0 Å². The van der Waals surface area contributed by atoms with Gasteiger partial charge in [0.1, 0.15) is 5.92 Å². The summed E-state index contributed by atoms with van der Waals surface area (Å²) in [6, 6.07) is 9.73. The summed E-state index contributed by atoms with van der Waals surface area (Å²) in [7, 11) is 0. The van der Waals surface area contributed by atoms with Crippen molar-refractivity contribution < 1.29 is 14.3 Å². The van der Waals surface area contributed by atoms with E-state index in [1.807, 2.05) is 30.3 Å². The maximum Gasteiger partial charge on any atom is 0.319 e. The van der Waals surface area contributed by atoms with Gasteiger partial charge in [-0.05, 0) is 17.9 Å². The normalized spacial score (nSPS) is 24.9. The van der Waals surface area contributed by atoms with Gasteiger partial charge in [-0.1, -0.05) is 44.2 Å². The third-order valence-electron chi connectivity index (χ3n) is 3.88. The highest BCUT2D eigenvalue weighted by Gasteiger charge is 2.48. The molecule has 1 saturated heterocycles. The van der Waals surface area contributed by atoms with Crippen molar-refractivity contribution >= 4 is 11.9 Å². The van der Waals surface area contributed by atoms with E-state index in [4.69, 9.17) is 4.74 Å². The average Bonchev–Trinajstić information content (AvgIpc) is 2.42. The van der Waals surface area contributed by atoms with E-state index in [-0.39, 0.29) is 23.8 Å². The summed E-state index contributed by atoms with van der Waals surface area (Å²) in [5.74, 6) is -1.62. The minimum absolute atomic E-state index is 0.170. The van der Waals surface area contributed by atoms with Crippen LogP contribution in [0.5, 0.6) is 0 Å². The third-order valence-corrected chi connectivity index (χ3v) is 3.88.